The Morgan fingerprint density at radius 2 is 1.83 bits per heavy atom. The number of nitrogens with one attached hydrogen (secondary N) is 1. The number of hydrogen-bond acceptors (Lipinski definition) is 3. The summed E-state index contributed by atoms with van der Waals surface area (Å²) in [4.78, 5) is 28.4. The Hall–Kier alpha value is -2.92. The van der Waals surface area contributed by atoms with E-state index >= 15 is 0 Å². The van der Waals surface area contributed by atoms with Crippen molar-refractivity contribution in [1.82, 2.24) is 10.2 Å². The van der Waals surface area contributed by atoms with Crippen molar-refractivity contribution < 1.29 is 9.59 Å². The van der Waals surface area contributed by atoms with Crippen LogP contribution in [0.1, 0.15) is 20.8 Å². The van der Waals surface area contributed by atoms with Crippen LogP contribution in [0.15, 0.2) is 66.0 Å². The molecule has 2 aromatic carbocycles. The van der Waals surface area contributed by atoms with Crippen LogP contribution in [0.5, 0.6) is 0 Å². The van der Waals surface area contributed by atoms with Gasteiger partial charge in [-0.2, -0.15) is 0 Å². The molecule has 1 unspecified atom stereocenters. The molecule has 0 radical (unpaired) electrons. The first-order valence-electron chi connectivity index (χ1n) is 9.86. The number of carbonyl (C=O) groups excluding carboxylic acids is 2. The molecule has 148 valence electrons. The Kier molecular flexibility index (Phi) is 5.76. The lowest BCUT2D eigenvalue weighted by atomic mass is 9.96. The largest absolute Gasteiger partial charge is 0.354 e. The van der Waals surface area contributed by atoms with Crippen LogP contribution in [0.3, 0.4) is 0 Å². The van der Waals surface area contributed by atoms with E-state index in [0.717, 1.165) is 16.0 Å². The Balaban J connectivity index is 1.47. The molecule has 0 bridgehead atoms. The third kappa shape index (κ3) is 4.57. The van der Waals surface area contributed by atoms with Gasteiger partial charge < -0.3 is 10.2 Å². The standard InChI is InChI=1S/C24H24N2O2S/c1-17-13-22(16-29-17)24(28)26-12-11-25-23(27)21(15-26)14-18-7-9-20(10-8-18)19-5-3-2-4-6-19/h2-10,13,16,21H,11-12,14-15H2,1H3,(H,25,27). The van der Waals surface area contributed by atoms with Crippen LogP contribution in [0.25, 0.3) is 11.1 Å². The molecule has 1 atom stereocenters. The number of hydrogen-bond donors (Lipinski definition) is 1. The van der Waals surface area contributed by atoms with Crippen molar-refractivity contribution in [3.8, 4) is 11.1 Å². The van der Waals surface area contributed by atoms with Gasteiger partial charge in [0.25, 0.3) is 5.91 Å². The first-order chi connectivity index (χ1) is 14.1. The Morgan fingerprint density at radius 1 is 1.10 bits per heavy atom. The summed E-state index contributed by atoms with van der Waals surface area (Å²) >= 11 is 1.58. The van der Waals surface area contributed by atoms with Crippen LogP contribution in [0, 0.1) is 12.8 Å². The van der Waals surface area contributed by atoms with Gasteiger partial charge in [0.1, 0.15) is 0 Å². The summed E-state index contributed by atoms with van der Waals surface area (Å²) in [6.07, 6.45) is 0.618. The molecule has 4 nitrogen and oxygen atoms in total. The number of benzene rings is 2. The monoisotopic (exact) mass is 404 g/mol. The highest BCUT2D eigenvalue weighted by molar-refractivity contribution is 7.10. The number of aryl methyl sites for hydroxylation is 1. The number of nitrogens with zero attached hydrogens (tertiary/aromatic N) is 1. The molecule has 2 amide bonds. The number of amides is 2. The SMILES string of the molecule is Cc1cc(C(=O)N2CCNC(=O)C(Cc3ccc(-c4ccccc4)cc3)C2)cs1. The van der Waals surface area contributed by atoms with Gasteiger partial charge in [-0.3, -0.25) is 9.59 Å². The number of rotatable bonds is 4. The van der Waals surface area contributed by atoms with E-state index in [4.69, 9.17) is 0 Å². The maximum atomic E-state index is 12.9. The van der Waals surface area contributed by atoms with E-state index in [1.54, 1.807) is 11.3 Å². The van der Waals surface area contributed by atoms with Crippen LogP contribution < -0.4 is 5.32 Å². The minimum atomic E-state index is -0.247. The summed E-state index contributed by atoms with van der Waals surface area (Å²) in [7, 11) is 0. The van der Waals surface area contributed by atoms with Gasteiger partial charge in [0.15, 0.2) is 0 Å². The molecule has 1 saturated heterocycles. The second-order valence-electron chi connectivity index (χ2n) is 7.45. The van der Waals surface area contributed by atoms with Crippen molar-refractivity contribution >= 4 is 23.2 Å². The second kappa shape index (κ2) is 8.62. The van der Waals surface area contributed by atoms with Crippen molar-refractivity contribution in [2.24, 2.45) is 5.92 Å². The lowest BCUT2D eigenvalue weighted by Gasteiger charge is -2.23. The van der Waals surface area contributed by atoms with Crippen molar-refractivity contribution in [1.29, 1.82) is 0 Å². The molecule has 4 rings (SSSR count). The van der Waals surface area contributed by atoms with Crippen LogP contribution in [-0.2, 0) is 11.2 Å². The van der Waals surface area contributed by atoms with Crippen LogP contribution in [0.4, 0.5) is 0 Å². The zero-order chi connectivity index (χ0) is 20.2. The fourth-order valence-corrected chi connectivity index (χ4v) is 4.40. The quantitative estimate of drug-likeness (QED) is 0.710. The first kappa shape index (κ1) is 19.4. The summed E-state index contributed by atoms with van der Waals surface area (Å²) < 4.78 is 0. The van der Waals surface area contributed by atoms with E-state index in [1.165, 1.54) is 5.56 Å². The van der Waals surface area contributed by atoms with Gasteiger partial charge in [0.05, 0.1) is 11.5 Å². The molecular weight excluding hydrogens is 380 g/mol. The first-order valence-corrected chi connectivity index (χ1v) is 10.7. The molecule has 5 heteroatoms. The molecule has 1 fully saturated rings. The van der Waals surface area contributed by atoms with Crippen molar-refractivity contribution in [3.63, 3.8) is 0 Å². The average molecular weight is 405 g/mol. The molecule has 0 spiro atoms. The maximum Gasteiger partial charge on any atom is 0.254 e. The Bertz CT molecular complexity index is 995. The van der Waals surface area contributed by atoms with Gasteiger partial charge in [0.2, 0.25) is 5.91 Å². The van der Waals surface area contributed by atoms with E-state index in [0.29, 0.717) is 31.6 Å². The summed E-state index contributed by atoms with van der Waals surface area (Å²) in [6, 6.07) is 20.5. The molecule has 1 aliphatic heterocycles. The lowest BCUT2D eigenvalue weighted by Crippen LogP contribution is -2.37. The smallest absolute Gasteiger partial charge is 0.254 e. The van der Waals surface area contributed by atoms with Crippen LogP contribution in [0.2, 0.25) is 0 Å². The lowest BCUT2D eigenvalue weighted by molar-refractivity contribution is -0.124. The third-order valence-corrected chi connectivity index (χ3v) is 6.16. The molecule has 1 aromatic heterocycles. The highest BCUT2D eigenvalue weighted by atomic mass is 32.1. The van der Waals surface area contributed by atoms with E-state index in [2.05, 4.69) is 41.7 Å². The van der Waals surface area contributed by atoms with Gasteiger partial charge >= 0.3 is 0 Å². The Labute approximate surface area is 175 Å². The van der Waals surface area contributed by atoms with Gasteiger partial charge in [-0.15, -0.1) is 11.3 Å². The zero-order valence-electron chi connectivity index (χ0n) is 16.4. The number of carbonyl (C=O) groups is 2. The van der Waals surface area contributed by atoms with Gasteiger partial charge in [-0.05, 0) is 36.1 Å². The predicted molar refractivity (Wildman–Crippen MR) is 117 cm³/mol. The Morgan fingerprint density at radius 3 is 2.52 bits per heavy atom. The highest BCUT2D eigenvalue weighted by Crippen LogP contribution is 2.22. The summed E-state index contributed by atoms with van der Waals surface area (Å²) in [5.74, 6) is -0.215. The van der Waals surface area contributed by atoms with Crippen LogP contribution >= 0.6 is 11.3 Å². The molecule has 2 heterocycles. The molecule has 3 aromatic rings. The topological polar surface area (TPSA) is 49.4 Å². The second-order valence-corrected chi connectivity index (χ2v) is 8.57. The molecule has 29 heavy (non-hydrogen) atoms. The van der Waals surface area contributed by atoms with Crippen molar-refractivity contribution in [2.75, 3.05) is 19.6 Å². The summed E-state index contributed by atoms with van der Waals surface area (Å²) in [6.45, 7) is 3.48. The normalized spacial score (nSPS) is 16.9. The predicted octanol–water partition coefficient (Wildman–Crippen LogP) is 4.15. The molecule has 0 saturated carbocycles. The average Bonchev–Trinajstić information content (AvgIpc) is 3.10. The fourth-order valence-electron chi connectivity index (χ4n) is 3.73. The molecular formula is C24H24N2O2S. The van der Waals surface area contributed by atoms with E-state index in [1.807, 2.05) is 41.5 Å². The maximum absolute atomic E-state index is 12.9. The van der Waals surface area contributed by atoms with E-state index in [-0.39, 0.29) is 17.7 Å². The zero-order valence-corrected chi connectivity index (χ0v) is 17.2. The summed E-state index contributed by atoms with van der Waals surface area (Å²) in [5.41, 5.74) is 4.15. The van der Waals surface area contributed by atoms with E-state index < -0.39 is 0 Å². The minimum absolute atomic E-state index is 0.00951. The highest BCUT2D eigenvalue weighted by Gasteiger charge is 2.28. The minimum Gasteiger partial charge on any atom is -0.354 e. The van der Waals surface area contributed by atoms with Crippen molar-refractivity contribution in [2.45, 2.75) is 13.3 Å². The van der Waals surface area contributed by atoms with Crippen molar-refractivity contribution in [3.05, 3.63) is 82.0 Å². The van der Waals surface area contributed by atoms with Crippen LogP contribution in [-0.4, -0.2) is 36.3 Å². The molecule has 0 aliphatic carbocycles. The fraction of sp³-hybridized carbons (Fsp3) is 0.250. The van der Waals surface area contributed by atoms with Gasteiger partial charge in [-0.1, -0.05) is 54.6 Å². The third-order valence-electron chi connectivity index (χ3n) is 5.30. The van der Waals surface area contributed by atoms with E-state index in [9.17, 15) is 9.59 Å². The number of thiophene rings is 1. The molecule has 1 N–H and O–H groups in total. The molecule has 1 aliphatic rings. The van der Waals surface area contributed by atoms with Gasteiger partial charge in [-0.25, -0.2) is 0 Å². The van der Waals surface area contributed by atoms with Gasteiger partial charge in [0, 0.05) is 29.9 Å². The summed E-state index contributed by atoms with van der Waals surface area (Å²) in [5, 5.41) is 4.86.